The SMILES string of the molecule is CCCCCCN(CC(C)=O)C(=O)C(C)C.CN[C@H](C)c1cc(OCC2CC2)c(F)cc1F.CO.[HH]. The van der Waals surface area contributed by atoms with Crippen LogP contribution in [0, 0.1) is 23.5 Å². The number of aliphatic hydroxyl groups excluding tert-OH is 1. The van der Waals surface area contributed by atoms with Crippen LogP contribution in [0.3, 0.4) is 0 Å². The summed E-state index contributed by atoms with van der Waals surface area (Å²) in [6.07, 6.45) is 6.80. The molecule has 204 valence electrons. The zero-order valence-electron chi connectivity index (χ0n) is 22.6. The van der Waals surface area contributed by atoms with E-state index in [4.69, 9.17) is 9.84 Å². The highest BCUT2D eigenvalue weighted by molar-refractivity contribution is 5.85. The molecule has 0 unspecified atom stereocenters. The lowest BCUT2D eigenvalue weighted by Crippen LogP contribution is -2.38. The van der Waals surface area contributed by atoms with E-state index in [0.717, 1.165) is 45.4 Å². The van der Waals surface area contributed by atoms with Gasteiger partial charge in [0.2, 0.25) is 5.91 Å². The zero-order chi connectivity index (χ0) is 27.0. The molecule has 6 nitrogen and oxygen atoms in total. The zero-order valence-corrected chi connectivity index (χ0v) is 22.6. The summed E-state index contributed by atoms with van der Waals surface area (Å²) in [5.41, 5.74) is 0.430. The Hall–Kier alpha value is -2.06. The molecule has 0 aromatic heterocycles. The minimum Gasteiger partial charge on any atom is -0.490 e. The number of amides is 1. The van der Waals surface area contributed by atoms with E-state index in [-0.39, 0.29) is 37.4 Å². The third kappa shape index (κ3) is 13.6. The summed E-state index contributed by atoms with van der Waals surface area (Å²) in [4.78, 5) is 24.6. The molecule has 1 aliphatic rings. The Morgan fingerprint density at radius 2 is 1.77 bits per heavy atom. The number of carbonyl (C=O) groups excluding carboxylic acids is 2. The third-order valence-electron chi connectivity index (χ3n) is 5.62. The molecule has 0 saturated heterocycles. The maximum Gasteiger partial charge on any atom is 0.225 e. The van der Waals surface area contributed by atoms with Gasteiger partial charge in [0, 0.05) is 38.7 Å². The van der Waals surface area contributed by atoms with Gasteiger partial charge in [0.25, 0.3) is 0 Å². The third-order valence-corrected chi connectivity index (χ3v) is 5.62. The lowest BCUT2D eigenvalue weighted by molar-refractivity contribution is -0.137. The molecule has 1 aromatic carbocycles. The molecule has 0 heterocycles. The maximum absolute atomic E-state index is 13.5. The van der Waals surface area contributed by atoms with Gasteiger partial charge in [0.15, 0.2) is 11.6 Å². The van der Waals surface area contributed by atoms with E-state index in [1.54, 1.807) is 11.9 Å². The first kappa shape index (κ1) is 32.9. The first-order valence-corrected chi connectivity index (χ1v) is 12.6. The lowest BCUT2D eigenvalue weighted by atomic mass is 10.1. The lowest BCUT2D eigenvalue weighted by Gasteiger charge is -2.23. The number of Topliss-reactive ketones (excluding diaryl/α,β-unsaturated/α-hetero) is 1. The summed E-state index contributed by atoms with van der Waals surface area (Å²) in [5.74, 6) is -0.347. The summed E-state index contributed by atoms with van der Waals surface area (Å²) < 4.78 is 32.4. The van der Waals surface area contributed by atoms with Crippen molar-refractivity contribution >= 4 is 11.7 Å². The average molecular weight is 503 g/mol. The van der Waals surface area contributed by atoms with Crippen LogP contribution in [0.25, 0.3) is 0 Å². The number of carbonyl (C=O) groups is 2. The second kappa shape index (κ2) is 18.2. The topological polar surface area (TPSA) is 78.9 Å². The molecule has 0 radical (unpaired) electrons. The van der Waals surface area contributed by atoms with Crippen LogP contribution in [0.4, 0.5) is 8.78 Å². The highest BCUT2D eigenvalue weighted by Crippen LogP contribution is 2.31. The van der Waals surface area contributed by atoms with Crippen LogP contribution in [0.2, 0.25) is 0 Å². The Labute approximate surface area is 211 Å². The number of ether oxygens (including phenoxy) is 1. The fourth-order valence-electron chi connectivity index (χ4n) is 3.27. The Balaban J connectivity index is 0. The molecular weight excluding hydrogens is 454 g/mol. The van der Waals surface area contributed by atoms with Gasteiger partial charge in [-0.1, -0.05) is 40.0 Å². The number of aliphatic hydroxyl groups is 1. The van der Waals surface area contributed by atoms with E-state index in [0.29, 0.717) is 18.1 Å². The van der Waals surface area contributed by atoms with E-state index < -0.39 is 11.6 Å². The minimum absolute atomic E-state index is 0. The van der Waals surface area contributed by atoms with Crippen molar-refractivity contribution in [2.24, 2.45) is 11.8 Å². The number of hydrogen-bond donors (Lipinski definition) is 2. The van der Waals surface area contributed by atoms with Gasteiger partial charge < -0.3 is 20.1 Å². The number of rotatable bonds is 13. The molecule has 2 rings (SSSR count). The Kier molecular flexibility index (Phi) is 17.2. The van der Waals surface area contributed by atoms with Crippen LogP contribution in [-0.4, -0.2) is 55.6 Å². The Bertz CT molecular complexity index is 762. The van der Waals surface area contributed by atoms with Gasteiger partial charge in [-0.05, 0) is 52.1 Å². The molecule has 1 atom stereocenters. The molecule has 35 heavy (non-hydrogen) atoms. The molecule has 1 amide bonds. The summed E-state index contributed by atoms with van der Waals surface area (Å²) in [5, 5.41) is 9.93. The number of benzene rings is 1. The van der Waals surface area contributed by atoms with Crippen molar-refractivity contribution in [1.82, 2.24) is 10.2 Å². The number of halogens is 2. The van der Waals surface area contributed by atoms with Gasteiger partial charge in [0.05, 0.1) is 13.2 Å². The summed E-state index contributed by atoms with van der Waals surface area (Å²) >= 11 is 0. The maximum atomic E-state index is 13.5. The second-order valence-corrected chi connectivity index (χ2v) is 9.25. The monoisotopic (exact) mass is 502 g/mol. The van der Waals surface area contributed by atoms with Crippen molar-refractivity contribution in [2.75, 3.05) is 33.9 Å². The van der Waals surface area contributed by atoms with Crippen molar-refractivity contribution in [3.05, 3.63) is 29.3 Å². The Morgan fingerprint density at radius 3 is 2.26 bits per heavy atom. The number of nitrogens with one attached hydrogen (secondary N) is 1. The number of ketones is 1. The smallest absolute Gasteiger partial charge is 0.225 e. The van der Waals surface area contributed by atoms with E-state index in [2.05, 4.69) is 12.2 Å². The fourth-order valence-corrected chi connectivity index (χ4v) is 3.27. The molecule has 2 N–H and O–H groups in total. The first-order chi connectivity index (χ1) is 16.6. The van der Waals surface area contributed by atoms with E-state index in [1.807, 2.05) is 20.8 Å². The highest BCUT2D eigenvalue weighted by atomic mass is 19.1. The van der Waals surface area contributed by atoms with Crippen LogP contribution < -0.4 is 10.1 Å². The predicted octanol–water partition coefficient (Wildman–Crippen LogP) is 5.53. The molecular formula is C27H48F2N2O4. The molecule has 0 spiro atoms. The van der Waals surface area contributed by atoms with Crippen LogP contribution >= 0.6 is 0 Å². The molecule has 1 aliphatic carbocycles. The van der Waals surface area contributed by atoms with Gasteiger partial charge in [-0.3, -0.25) is 9.59 Å². The van der Waals surface area contributed by atoms with Crippen molar-refractivity contribution in [3.8, 4) is 5.75 Å². The molecule has 0 aliphatic heterocycles. The van der Waals surface area contributed by atoms with Crippen LogP contribution in [0.1, 0.15) is 86.2 Å². The summed E-state index contributed by atoms with van der Waals surface area (Å²) in [6, 6.07) is 2.18. The molecule has 0 bridgehead atoms. The van der Waals surface area contributed by atoms with Crippen molar-refractivity contribution in [3.63, 3.8) is 0 Å². The van der Waals surface area contributed by atoms with Crippen molar-refractivity contribution in [2.45, 2.75) is 79.2 Å². The molecule has 1 aromatic rings. The summed E-state index contributed by atoms with van der Waals surface area (Å²) in [6.45, 7) is 10.8. The number of hydrogen-bond acceptors (Lipinski definition) is 5. The molecule has 1 fully saturated rings. The van der Waals surface area contributed by atoms with E-state index in [9.17, 15) is 18.4 Å². The van der Waals surface area contributed by atoms with Crippen molar-refractivity contribution in [1.29, 1.82) is 0 Å². The van der Waals surface area contributed by atoms with Crippen LogP contribution in [-0.2, 0) is 9.59 Å². The van der Waals surface area contributed by atoms with Gasteiger partial charge in [-0.2, -0.15) is 0 Å². The van der Waals surface area contributed by atoms with Gasteiger partial charge in [-0.25, -0.2) is 8.78 Å². The van der Waals surface area contributed by atoms with Gasteiger partial charge >= 0.3 is 0 Å². The second-order valence-electron chi connectivity index (χ2n) is 9.25. The Morgan fingerprint density at radius 1 is 1.14 bits per heavy atom. The standard InChI is InChI=1S/C13H17F2NO.C13H25NO2.CH4O.H2/c1-8(16-2)10-5-13(12(15)6-11(10)14)17-7-9-3-4-9;1-5-6-7-8-9-14(10-12(4)15)13(16)11(2)3;1-2;/h5-6,8-9,16H,3-4,7H2,1-2H3;11H,5-10H2,1-4H3;2H,1H3;1H/t8-;;;/m1.../s1. The first-order valence-electron chi connectivity index (χ1n) is 12.6. The van der Waals surface area contributed by atoms with Crippen LogP contribution in [0.15, 0.2) is 12.1 Å². The largest absolute Gasteiger partial charge is 0.490 e. The molecule has 1 saturated carbocycles. The quantitative estimate of drug-likeness (QED) is 0.347. The van der Waals surface area contributed by atoms with Gasteiger partial charge in [-0.15, -0.1) is 0 Å². The highest BCUT2D eigenvalue weighted by Gasteiger charge is 2.23. The van der Waals surface area contributed by atoms with E-state index in [1.165, 1.54) is 25.8 Å². The van der Waals surface area contributed by atoms with Gasteiger partial charge in [0.1, 0.15) is 11.6 Å². The average Bonchev–Trinajstić information content (AvgIpc) is 3.65. The van der Waals surface area contributed by atoms with Crippen molar-refractivity contribution < 1.29 is 29.6 Å². The summed E-state index contributed by atoms with van der Waals surface area (Å²) in [7, 11) is 2.73. The minimum atomic E-state index is -0.629. The normalized spacial score (nSPS) is 13.2. The fraction of sp³-hybridized carbons (Fsp3) is 0.704. The predicted molar refractivity (Wildman–Crippen MR) is 139 cm³/mol. The number of unbranched alkanes of at least 4 members (excludes halogenated alkanes) is 3. The van der Waals surface area contributed by atoms with E-state index >= 15 is 0 Å². The number of nitrogens with zero attached hydrogens (tertiary/aromatic N) is 1. The van der Waals surface area contributed by atoms with Crippen LogP contribution in [0.5, 0.6) is 5.75 Å². The molecule has 8 heteroatoms.